The highest BCUT2D eigenvalue weighted by molar-refractivity contribution is 5.73. The summed E-state index contributed by atoms with van der Waals surface area (Å²) in [6.45, 7) is 0. The van der Waals surface area contributed by atoms with E-state index in [2.05, 4.69) is 20.5 Å². The fourth-order valence-electron chi connectivity index (χ4n) is 2.21. The lowest BCUT2D eigenvalue weighted by Crippen LogP contribution is -2.23. The molecule has 0 saturated heterocycles. The minimum Gasteiger partial charge on any atom is -0.480 e. The summed E-state index contributed by atoms with van der Waals surface area (Å²) in [5, 5.41) is 21.0. The second kappa shape index (κ2) is 6.13. The molecule has 0 aliphatic carbocycles. The highest BCUT2D eigenvalue weighted by Crippen LogP contribution is 2.21. The molecule has 7 nitrogen and oxygen atoms in total. The third-order valence-electron chi connectivity index (χ3n) is 3.28. The van der Waals surface area contributed by atoms with Gasteiger partial charge in [0, 0.05) is 24.4 Å². The van der Waals surface area contributed by atoms with Crippen molar-refractivity contribution >= 4 is 5.97 Å². The smallest absolute Gasteiger partial charge is 0.329 e. The number of carboxylic acid groups (broad SMARTS) is 1. The molecular formula is C15H13N5O2. The number of carbonyl (C=O) groups is 1. The van der Waals surface area contributed by atoms with E-state index in [9.17, 15) is 9.90 Å². The second-order valence-corrected chi connectivity index (χ2v) is 4.73. The molecule has 0 saturated carbocycles. The molecule has 2 heterocycles. The van der Waals surface area contributed by atoms with E-state index >= 15 is 0 Å². The molecule has 0 bridgehead atoms. The number of pyridine rings is 1. The molecule has 0 spiro atoms. The Bertz CT molecular complexity index is 758. The summed E-state index contributed by atoms with van der Waals surface area (Å²) < 4.78 is 1.34. The van der Waals surface area contributed by atoms with Gasteiger partial charge in [0.25, 0.3) is 0 Å². The first kappa shape index (κ1) is 13.9. The maximum absolute atomic E-state index is 11.7. The Morgan fingerprint density at radius 2 is 1.86 bits per heavy atom. The van der Waals surface area contributed by atoms with Crippen LogP contribution in [0.3, 0.4) is 0 Å². The van der Waals surface area contributed by atoms with E-state index in [0.717, 1.165) is 11.1 Å². The fourth-order valence-corrected chi connectivity index (χ4v) is 2.21. The number of aromatic nitrogens is 5. The summed E-state index contributed by atoms with van der Waals surface area (Å²) in [7, 11) is 0. The van der Waals surface area contributed by atoms with Crippen LogP contribution in [0.4, 0.5) is 0 Å². The summed E-state index contributed by atoms with van der Waals surface area (Å²) >= 11 is 0. The molecule has 1 N–H and O–H groups in total. The van der Waals surface area contributed by atoms with Crippen LogP contribution in [0.15, 0.2) is 54.9 Å². The largest absolute Gasteiger partial charge is 0.480 e. The van der Waals surface area contributed by atoms with E-state index < -0.39 is 12.0 Å². The molecule has 0 aliphatic rings. The Morgan fingerprint density at radius 3 is 2.55 bits per heavy atom. The maximum Gasteiger partial charge on any atom is 0.329 e. The summed E-state index contributed by atoms with van der Waals surface area (Å²) in [5.74, 6) is -0.572. The Labute approximate surface area is 126 Å². The van der Waals surface area contributed by atoms with Crippen LogP contribution in [-0.4, -0.2) is 36.3 Å². The molecule has 0 radical (unpaired) electrons. The van der Waals surface area contributed by atoms with E-state index in [1.165, 1.54) is 4.68 Å². The van der Waals surface area contributed by atoms with Crippen LogP contribution in [0.2, 0.25) is 0 Å². The third kappa shape index (κ3) is 2.83. The minimum atomic E-state index is -0.980. The van der Waals surface area contributed by atoms with Gasteiger partial charge >= 0.3 is 5.97 Å². The van der Waals surface area contributed by atoms with Crippen LogP contribution in [0.5, 0.6) is 0 Å². The van der Waals surface area contributed by atoms with E-state index in [0.29, 0.717) is 12.2 Å². The summed E-state index contributed by atoms with van der Waals surface area (Å²) in [4.78, 5) is 15.6. The fraction of sp³-hybridized carbons (Fsp3) is 0.133. The number of nitrogens with zero attached hydrogens (tertiary/aromatic N) is 5. The van der Waals surface area contributed by atoms with Crippen LogP contribution < -0.4 is 0 Å². The monoisotopic (exact) mass is 295 g/mol. The lowest BCUT2D eigenvalue weighted by molar-refractivity contribution is -0.141. The number of benzene rings is 1. The van der Waals surface area contributed by atoms with Gasteiger partial charge in [0.15, 0.2) is 11.9 Å². The zero-order valence-electron chi connectivity index (χ0n) is 11.6. The highest BCUT2D eigenvalue weighted by Gasteiger charge is 2.25. The number of hydrogen-bond donors (Lipinski definition) is 1. The Hall–Kier alpha value is -3.09. The van der Waals surface area contributed by atoms with Gasteiger partial charge in [0.05, 0.1) is 0 Å². The molecule has 2 aromatic heterocycles. The van der Waals surface area contributed by atoms with Crippen LogP contribution >= 0.6 is 0 Å². The quantitative estimate of drug-likeness (QED) is 0.768. The minimum absolute atomic E-state index is 0.305. The van der Waals surface area contributed by atoms with Crippen LogP contribution in [0.1, 0.15) is 11.6 Å². The molecule has 1 atom stereocenters. The lowest BCUT2D eigenvalue weighted by Gasteiger charge is -2.14. The number of aliphatic carboxylic acids is 1. The first-order chi connectivity index (χ1) is 10.8. The van der Waals surface area contributed by atoms with Gasteiger partial charge in [-0.25, -0.2) is 9.48 Å². The Kier molecular flexibility index (Phi) is 3.86. The van der Waals surface area contributed by atoms with Crippen molar-refractivity contribution < 1.29 is 9.90 Å². The van der Waals surface area contributed by atoms with Crippen molar-refractivity contribution in [3.05, 3.63) is 60.4 Å². The van der Waals surface area contributed by atoms with E-state index in [-0.39, 0.29) is 0 Å². The van der Waals surface area contributed by atoms with Gasteiger partial charge in [-0.3, -0.25) is 4.98 Å². The molecular weight excluding hydrogens is 282 g/mol. The topological polar surface area (TPSA) is 93.8 Å². The molecule has 3 rings (SSSR count). The molecule has 0 amide bonds. The normalized spacial score (nSPS) is 12.0. The predicted molar refractivity (Wildman–Crippen MR) is 77.9 cm³/mol. The molecule has 110 valence electrons. The Morgan fingerprint density at radius 1 is 1.14 bits per heavy atom. The first-order valence-electron chi connectivity index (χ1n) is 6.70. The third-order valence-corrected chi connectivity index (χ3v) is 3.28. The highest BCUT2D eigenvalue weighted by atomic mass is 16.4. The van der Waals surface area contributed by atoms with Crippen molar-refractivity contribution in [1.29, 1.82) is 0 Å². The van der Waals surface area contributed by atoms with Gasteiger partial charge < -0.3 is 5.11 Å². The van der Waals surface area contributed by atoms with Crippen LogP contribution in [0.25, 0.3) is 11.4 Å². The number of tetrazole rings is 1. The zero-order chi connectivity index (χ0) is 15.4. The summed E-state index contributed by atoms with van der Waals surface area (Å²) in [6, 6.07) is 12.0. The van der Waals surface area contributed by atoms with Gasteiger partial charge in [0.1, 0.15) is 0 Å². The summed E-state index contributed by atoms with van der Waals surface area (Å²) in [5.41, 5.74) is 1.63. The van der Waals surface area contributed by atoms with Gasteiger partial charge in [-0.1, -0.05) is 30.3 Å². The van der Waals surface area contributed by atoms with Crippen molar-refractivity contribution in [2.75, 3.05) is 0 Å². The second-order valence-electron chi connectivity index (χ2n) is 4.73. The van der Waals surface area contributed by atoms with Crippen molar-refractivity contribution in [3.63, 3.8) is 0 Å². The number of rotatable bonds is 5. The van der Waals surface area contributed by atoms with Crippen molar-refractivity contribution in [3.8, 4) is 11.4 Å². The lowest BCUT2D eigenvalue weighted by atomic mass is 10.1. The van der Waals surface area contributed by atoms with Crippen LogP contribution in [-0.2, 0) is 11.2 Å². The maximum atomic E-state index is 11.7. The average molecular weight is 295 g/mol. The van der Waals surface area contributed by atoms with E-state index in [4.69, 9.17) is 0 Å². The first-order valence-corrected chi connectivity index (χ1v) is 6.70. The molecule has 1 aromatic carbocycles. The summed E-state index contributed by atoms with van der Waals surface area (Å²) in [6.07, 6.45) is 3.53. The van der Waals surface area contributed by atoms with Crippen molar-refractivity contribution in [2.45, 2.75) is 12.5 Å². The van der Waals surface area contributed by atoms with E-state index in [1.54, 1.807) is 24.5 Å². The van der Waals surface area contributed by atoms with Crippen molar-refractivity contribution in [2.24, 2.45) is 0 Å². The zero-order valence-corrected chi connectivity index (χ0v) is 11.6. The van der Waals surface area contributed by atoms with Gasteiger partial charge in [-0.05, 0) is 28.1 Å². The molecule has 22 heavy (non-hydrogen) atoms. The van der Waals surface area contributed by atoms with Gasteiger partial charge in [0.2, 0.25) is 0 Å². The average Bonchev–Trinajstić information content (AvgIpc) is 3.03. The molecule has 7 heteroatoms. The van der Waals surface area contributed by atoms with E-state index in [1.807, 2.05) is 30.3 Å². The number of carboxylic acids is 1. The van der Waals surface area contributed by atoms with Gasteiger partial charge in [-0.2, -0.15) is 0 Å². The molecule has 1 unspecified atom stereocenters. The Balaban J connectivity index is 1.97. The molecule has 0 aliphatic heterocycles. The van der Waals surface area contributed by atoms with Gasteiger partial charge in [-0.15, -0.1) is 5.10 Å². The SMILES string of the molecule is O=C(O)C(Cc1ccccc1)n1nnnc1-c1ccncc1. The molecule has 0 fully saturated rings. The molecule has 3 aromatic rings. The number of hydrogen-bond acceptors (Lipinski definition) is 5. The van der Waals surface area contributed by atoms with Crippen molar-refractivity contribution in [1.82, 2.24) is 25.2 Å². The standard InChI is InChI=1S/C15H13N5O2/c21-15(22)13(10-11-4-2-1-3-5-11)20-14(17-18-19-20)12-6-8-16-9-7-12/h1-9,13H,10H2,(H,21,22). The van der Waals surface area contributed by atoms with Crippen LogP contribution in [0, 0.1) is 0 Å². The predicted octanol–water partition coefficient (Wildman–Crippen LogP) is 1.60.